The van der Waals surface area contributed by atoms with E-state index >= 15 is 0 Å². The normalized spacial score (nSPS) is 11.7. The molecule has 0 saturated heterocycles. The fraction of sp³-hybridized carbons (Fsp3) is 0.933. The molecule has 0 radical (unpaired) electrons. The van der Waals surface area contributed by atoms with E-state index in [-0.39, 0.29) is 6.42 Å². The molecule has 0 bridgehead atoms. The Morgan fingerprint density at radius 2 is 1.32 bits per heavy atom. The molecule has 0 rings (SSSR count). The molecule has 5 N–H and O–H groups in total. The highest BCUT2D eigenvalue weighted by Crippen LogP contribution is 2.14. The highest BCUT2D eigenvalue weighted by atomic mass is 16.4. The highest BCUT2D eigenvalue weighted by molar-refractivity contribution is 5.68. The van der Waals surface area contributed by atoms with Gasteiger partial charge in [0.25, 0.3) is 0 Å². The first-order valence-corrected chi connectivity index (χ1v) is 7.77. The number of hydrogen-bond donors (Lipinski definition) is 3. The van der Waals surface area contributed by atoms with Gasteiger partial charge >= 0.3 is 5.97 Å². The largest absolute Gasteiger partial charge is 0.481 e. The second-order valence-electron chi connectivity index (χ2n) is 5.74. The van der Waals surface area contributed by atoms with Crippen LogP contribution in [-0.2, 0) is 4.79 Å². The van der Waals surface area contributed by atoms with E-state index in [1.165, 1.54) is 51.4 Å². The van der Waals surface area contributed by atoms with Crippen LogP contribution in [-0.4, -0.2) is 16.7 Å². The fourth-order valence-corrected chi connectivity index (χ4v) is 2.31. The fourth-order valence-electron chi connectivity index (χ4n) is 2.31. The molecule has 4 nitrogen and oxygen atoms in total. The van der Waals surface area contributed by atoms with E-state index in [9.17, 15) is 4.79 Å². The quantitative estimate of drug-likeness (QED) is 0.354. The Kier molecular flexibility index (Phi) is 10.9. The summed E-state index contributed by atoms with van der Waals surface area (Å²) in [6.07, 6.45) is 13.0. The zero-order valence-corrected chi connectivity index (χ0v) is 12.5. The number of carboxylic acids is 1. The Bertz CT molecular complexity index is 230. The molecule has 0 aromatic rings. The minimum atomic E-state index is -1.04. The third-order valence-corrected chi connectivity index (χ3v) is 3.48. The van der Waals surface area contributed by atoms with Crippen molar-refractivity contribution >= 4 is 5.97 Å². The van der Waals surface area contributed by atoms with Gasteiger partial charge in [-0.2, -0.15) is 0 Å². The Balaban J connectivity index is 3.28. The molecular weight excluding hydrogens is 240 g/mol. The van der Waals surface area contributed by atoms with Crippen molar-refractivity contribution in [3.05, 3.63) is 0 Å². The first-order chi connectivity index (χ1) is 8.98. The molecule has 0 aliphatic carbocycles. The number of hydrogen-bond acceptors (Lipinski definition) is 3. The van der Waals surface area contributed by atoms with Crippen molar-refractivity contribution in [1.29, 1.82) is 0 Å². The number of rotatable bonds is 13. The molecule has 114 valence electrons. The topological polar surface area (TPSA) is 89.3 Å². The molecule has 0 aromatic heterocycles. The summed E-state index contributed by atoms with van der Waals surface area (Å²) in [6.45, 7) is 2.24. The van der Waals surface area contributed by atoms with E-state index in [2.05, 4.69) is 6.92 Å². The molecule has 4 heteroatoms. The maximum Gasteiger partial charge on any atom is 0.306 e. The van der Waals surface area contributed by atoms with E-state index < -0.39 is 11.6 Å². The van der Waals surface area contributed by atoms with Gasteiger partial charge in [0.2, 0.25) is 0 Å². The molecule has 19 heavy (non-hydrogen) atoms. The molecule has 0 fully saturated rings. The minimum absolute atomic E-state index is 0.148. The number of aliphatic carboxylic acids is 1. The van der Waals surface area contributed by atoms with Crippen molar-refractivity contribution in [1.82, 2.24) is 0 Å². The summed E-state index contributed by atoms with van der Waals surface area (Å²) in [5, 5.41) is 8.65. The number of nitrogens with two attached hydrogens (primary N) is 2. The summed E-state index contributed by atoms with van der Waals surface area (Å²) >= 11 is 0. The van der Waals surface area contributed by atoms with Crippen molar-refractivity contribution in [3.8, 4) is 0 Å². The molecule has 0 aliphatic rings. The van der Waals surface area contributed by atoms with Gasteiger partial charge in [0, 0.05) is 0 Å². The van der Waals surface area contributed by atoms with Crippen molar-refractivity contribution in [2.24, 2.45) is 11.5 Å². The Morgan fingerprint density at radius 1 is 0.895 bits per heavy atom. The SMILES string of the molecule is CCCCCCCCCCCCC(N)(N)CC(=O)O. The van der Waals surface area contributed by atoms with Gasteiger partial charge < -0.3 is 16.6 Å². The third-order valence-electron chi connectivity index (χ3n) is 3.48. The summed E-state index contributed by atoms with van der Waals surface area (Å²) in [5.74, 6) is -0.919. The van der Waals surface area contributed by atoms with Crippen LogP contribution in [0.5, 0.6) is 0 Å². The lowest BCUT2D eigenvalue weighted by Crippen LogP contribution is -2.50. The van der Waals surface area contributed by atoms with Crippen LogP contribution < -0.4 is 11.5 Å². The standard InChI is InChI=1S/C15H32N2O2/c1-2-3-4-5-6-7-8-9-10-11-12-15(16,17)13-14(18)19/h2-13,16-17H2,1H3,(H,18,19). The lowest BCUT2D eigenvalue weighted by molar-refractivity contribution is -0.138. The summed E-state index contributed by atoms with van der Waals surface area (Å²) in [4.78, 5) is 10.5. The lowest BCUT2D eigenvalue weighted by Gasteiger charge is -2.22. The van der Waals surface area contributed by atoms with Gasteiger partial charge in [-0.15, -0.1) is 0 Å². The lowest BCUT2D eigenvalue weighted by atomic mass is 9.99. The summed E-state index contributed by atoms with van der Waals surface area (Å²) in [5.41, 5.74) is 10.4. The second kappa shape index (κ2) is 11.2. The van der Waals surface area contributed by atoms with E-state index in [0.717, 1.165) is 12.8 Å². The molecule has 0 aromatic carbocycles. The van der Waals surface area contributed by atoms with Crippen LogP contribution in [0, 0.1) is 0 Å². The predicted octanol–water partition coefficient (Wildman–Crippen LogP) is 3.39. The zero-order chi connectivity index (χ0) is 14.6. The van der Waals surface area contributed by atoms with Crippen molar-refractivity contribution < 1.29 is 9.90 Å². The first-order valence-electron chi connectivity index (χ1n) is 7.77. The molecule has 0 unspecified atom stereocenters. The molecule has 0 spiro atoms. The molecule has 0 amide bonds. The predicted molar refractivity (Wildman–Crippen MR) is 79.8 cm³/mol. The summed E-state index contributed by atoms with van der Waals surface area (Å²) < 4.78 is 0. The van der Waals surface area contributed by atoms with Gasteiger partial charge in [0.1, 0.15) is 0 Å². The number of carbonyl (C=O) groups is 1. The van der Waals surface area contributed by atoms with E-state index in [1.54, 1.807) is 0 Å². The average molecular weight is 272 g/mol. The average Bonchev–Trinajstić information content (AvgIpc) is 2.30. The van der Waals surface area contributed by atoms with Gasteiger partial charge in [-0.1, -0.05) is 71.1 Å². The van der Waals surface area contributed by atoms with E-state index in [0.29, 0.717) is 6.42 Å². The second-order valence-corrected chi connectivity index (χ2v) is 5.74. The van der Waals surface area contributed by atoms with Crippen LogP contribution in [0.2, 0.25) is 0 Å². The van der Waals surface area contributed by atoms with Crippen LogP contribution in [0.4, 0.5) is 0 Å². The molecule has 0 atom stereocenters. The van der Waals surface area contributed by atoms with Crippen LogP contribution in [0.15, 0.2) is 0 Å². The van der Waals surface area contributed by atoms with Gasteiger partial charge in [0.15, 0.2) is 0 Å². The highest BCUT2D eigenvalue weighted by Gasteiger charge is 2.21. The molecule has 0 aliphatic heterocycles. The van der Waals surface area contributed by atoms with Crippen molar-refractivity contribution in [2.45, 2.75) is 89.6 Å². The van der Waals surface area contributed by atoms with Crippen LogP contribution in [0.3, 0.4) is 0 Å². The van der Waals surface area contributed by atoms with E-state index in [4.69, 9.17) is 16.6 Å². The first kappa shape index (κ1) is 18.4. The van der Waals surface area contributed by atoms with Crippen LogP contribution in [0.1, 0.15) is 84.0 Å². The summed E-state index contributed by atoms with van der Waals surface area (Å²) in [7, 11) is 0. The maximum atomic E-state index is 10.5. The van der Waals surface area contributed by atoms with Crippen molar-refractivity contribution in [3.63, 3.8) is 0 Å². The molecule has 0 saturated carbocycles. The number of carboxylic acid groups (broad SMARTS) is 1. The zero-order valence-electron chi connectivity index (χ0n) is 12.5. The number of unbranched alkanes of at least 4 members (excludes halogenated alkanes) is 9. The van der Waals surface area contributed by atoms with Crippen LogP contribution in [0.25, 0.3) is 0 Å². The Morgan fingerprint density at radius 3 is 1.74 bits per heavy atom. The van der Waals surface area contributed by atoms with Crippen molar-refractivity contribution in [2.75, 3.05) is 0 Å². The molecule has 0 heterocycles. The van der Waals surface area contributed by atoms with Gasteiger partial charge in [-0.05, 0) is 6.42 Å². The minimum Gasteiger partial charge on any atom is -0.481 e. The smallest absolute Gasteiger partial charge is 0.306 e. The molecular formula is C15H32N2O2. The Hall–Kier alpha value is -0.610. The third kappa shape index (κ3) is 13.6. The van der Waals surface area contributed by atoms with Gasteiger partial charge in [0.05, 0.1) is 12.1 Å². The van der Waals surface area contributed by atoms with Crippen LogP contribution >= 0.6 is 0 Å². The van der Waals surface area contributed by atoms with Gasteiger partial charge in [-0.3, -0.25) is 4.79 Å². The van der Waals surface area contributed by atoms with E-state index in [1.807, 2.05) is 0 Å². The Labute approximate surface area is 117 Å². The maximum absolute atomic E-state index is 10.5. The van der Waals surface area contributed by atoms with Gasteiger partial charge in [-0.25, -0.2) is 0 Å². The summed E-state index contributed by atoms with van der Waals surface area (Å²) in [6, 6.07) is 0. The monoisotopic (exact) mass is 272 g/mol.